The van der Waals surface area contributed by atoms with Crippen molar-refractivity contribution in [2.24, 2.45) is 5.73 Å². The highest BCUT2D eigenvalue weighted by atomic mass is 16.2. The summed E-state index contributed by atoms with van der Waals surface area (Å²) in [7, 11) is 2.04. The zero-order chi connectivity index (χ0) is 14.3. The summed E-state index contributed by atoms with van der Waals surface area (Å²) < 4.78 is 0. The van der Waals surface area contributed by atoms with E-state index >= 15 is 0 Å². The summed E-state index contributed by atoms with van der Waals surface area (Å²) in [5, 5.41) is 5.63. The van der Waals surface area contributed by atoms with Crippen LogP contribution in [0.15, 0.2) is 24.3 Å². The van der Waals surface area contributed by atoms with Gasteiger partial charge in [-0.25, -0.2) is 4.79 Å². The van der Waals surface area contributed by atoms with Gasteiger partial charge >= 0.3 is 6.03 Å². The summed E-state index contributed by atoms with van der Waals surface area (Å²) >= 11 is 0. The third-order valence-corrected chi connectivity index (χ3v) is 3.05. The van der Waals surface area contributed by atoms with Crippen molar-refractivity contribution in [1.82, 2.24) is 10.2 Å². The lowest BCUT2D eigenvalue weighted by atomic mass is 10.2. The monoisotopic (exact) mass is 264 g/mol. The Kier molecular flexibility index (Phi) is 6.32. The third-order valence-electron chi connectivity index (χ3n) is 3.05. The fourth-order valence-electron chi connectivity index (χ4n) is 1.56. The van der Waals surface area contributed by atoms with E-state index in [9.17, 15) is 4.79 Å². The van der Waals surface area contributed by atoms with Gasteiger partial charge in [0.25, 0.3) is 0 Å². The van der Waals surface area contributed by atoms with Crippen LogP contribution in [0, 0.1) is 0 Å². The van der Waals surface area contributed by atoms with E-state index in [-0.39, 0.29) is 6.03 Å². The Morgan fingerprint density at radius 2 is 2.16 bits per heavy atom. The molecule has 106 valence electrons. The molecule has 0 unspecified atom stereocenters. The molecule has 0 heterocycles. The van der Waals surface area contributed by atoms with E-state index in [0.717, 1.165) is 17.8 Å². The highest BCUT2D eigenvalue weighted by Crippen LogP contribution is 2.09. The van der Waals surface area contributed by atoms with Gasteiger partial charge in [0, 0.05) is 31.4 Å². The molecule has 4 N–H and O–H groups in total. The number of carbonyl (C=O) groups is 1. The van der Waals surface area contributed by atoms with Crippen LogP contribution in [-0.2, 0) is 6.54 Å². The summed E-state index contributed by atoms with van der Waals surface area (Å²) in [6.07, 6.45) is 0. The van der Waals surface area contributed by atoms with Crippen LogP contribution in [0.4, 0.5) is 10.5 Å². The number of benzene rings is 1. The number of nitrogens with zero attached hydrogens (tertiary/aromatic N) is 1. The van der Waals surface area contributed by atoms with Crippen LogP contribution in [0.25, 0.3) is 0 Å². The molecule has 0 fully saturated rings. The molecule has 5 nitrogen and oxygen atoms in total. The second-order valence-corrected chi connectivity index (χ2v) is 4.86. The van der Waals surface area contributed by atoms with Gasteiger partial charge in [-0.05, 0) is 38.6 Å². The highest BCUT2D eigenvalue weighted by molar-refractivity contribution is 5.89. The van der Waals surface area contributed by atoms with E-state index < -0.39 is 0 Å². The molecule has 0 aromatic heterocycles. The molecule has 0 bridgehead atoms. The van der Waals surface area contributed by atoms with Crippen molar-refractivity contribution in [3.63, 3.8) is 0 Å². The van der Waals surface area contributed by atoms with Crippen LogP contribution < -0.4 is 16.4 Å². The van der Waals surface area contributed by atoms with Crippen LogP contribution in [-0.4, -0.2) is 37.1 Å². The number of hydrogen-bond acceptors (Lipinski definition) is 3. The first-order chi connectivity index (χ1) is 9.02. The Hall–Kier alpha value is -1.59. The van der Waals surface area contributed by atoms with Crippen LogP contribution in [0.1, 0.15) is 19.4 Å². The maximum Gasteiger partial charge on any atom is 0.319 e. The molecule has 0 radical (unpaired) electrons. The summed E-state index contributed by atoms with van der Waals surface area (Å²) in [5.41, 5.74) is 7.32. The second kappa shape index (κ2) is 7.76. The Balaban J connectivity index is 2.34. The molecule has 0 atom stereocenters. The average molecular weight is 264 g/mol. The molecule has 19 heavy (non-hydrogen) atoms. The molecule has 2 amide bonds. The fourth-order valence-corrected chi connectivity index (χ4v) is 1.56. The topological polar surface area (TPSA) is 70.4 Å². The van der Waals surface area contributed by atoms with Crippen LogP contribution in [0.5, 0.6) is 0 Å². The van der Waals surface area contributed by atoms with Crippen molar-refractivity contribution >= 4 is 11.7 Å². The predicted octanol–water partition coefficient (Wildman–Crippen LogP) is 1.61. The Labute approximate surface area is 115 Å². The highest BCUT2D eigenvalue weighted by Gasteiger charge is 2.05. The van der Waals surface area contributed by atoms with Crippen LogP contribution >= 0.6 is 0 Å². The van der Waals surface area contributed by atoms with Crippen molar-refractivity contribution in [3.05, 3.63) is 29.8 Å². The van der Waals surface area contributed by atoms with Gasteiger partial charge in [0.1, 0.15) is 0 Å². The molecule has 1 aromatic rings. The average Bonchev–Trinajstić information content (AvgIpc) is 2.38. The van der Waals surface area contributed by atoms with Gasteiger partial charge < -0.3 is 21.3 Å². The fraction of sp³-hybridized carbons (Fsp3) is 0.500. The standard InChI is InChI=1S/C14H24N4O/c1-11(2)18(3)8-7-16-14(19)17-13-6-4-5-12(9-13)10-15/h4-6,9,11H,7-8,10,15H2,1-3H3,(H2,16,17,19). The zero-order valence-corrected chi connectivity index (χ0v) is 11.9. The first-order valence-electron chi connectivity index (χ1n) is 6.57. The Morgan fingerprint density at radius 1 is 1.42 bits per heavy atom. The number of likely N-dealkylation sites (N-methyl/N-ethyl adjacent to an activating group) is 1. The number of amides is 2. The quantitative estimate of drug-likeness (QED) is 0.731. The minimum absolute atomic E-state index is 0.189. The first-order valence-corrected chi connectivity index (χ1v) is 6.57. The number of nitrogens with two attached hydrogens (primary N) is 1. The molecule has 1 aromatic carbocycles. The van der Waals surface area contributed by atoms with E-state index in [1.54, 1.807) is 0 Å². The van der Waals surface area contributed by atoms with Crippen molar-refractivity contribution in [3.8, 4) is 0 Å². The summed E-state index contributed by atoms with van der Waals surface area (Å²) in [4.78, 5) is 13.9. The molecule has 0 saturated carbocycles. The van der Waals surface area contributed by atoms with E-state index in [1.807, 2.05) is 31.3 Å². The normalized spacial score (nSPS) is 10.8. The molecule has 0 aliphatic carbocycles. The lowest BCUT2D eigenvalue weighted by Gasteiger charge is -2.20. The maximum atomic E-state index is 11.7. The van der Waals surface area contributed by atoms with Crippen LogP contribution in [0.2, 0.25) is 0 Å². The number of hydrogen-bond donors (Lipinski definition) is 3. The molecule has 0 aliphatic rings. The predicted molar refractivity (Wildman–Crippen MR) is 79.1 cm³/mol. The van der Waals surface area contributed by atoms with Crippen LogP contribution in [0.3, 0.4) is 0 Å². The van der Waals surface area contributed by atoms with Gasteiger partial charge in [-0.1, -0.05) is 12.1 Å². The lowest BCUT2D eigenvalue weighted by molar-refractivity contribution is 0.244. The van der Waals surface area contributed by atoms with Crippen molar-refractivity contribution < 1.29 is 4.79 Å². The lowest BCUT2D eigenvalue weighted by Crippen LogP contribution is -2.37. The number of carbonyl (C=O) groups excluding carboxylic acids is 1. The Bertz CT molecular complexity index is 406. The minimum atomic E-state index is -0.189. The van der Waals surface area contributed by atoms with E-state index in [0.29, 0.717) is 19.1 Å². The molecular weight excluding hydrogens is 240 g/mol. The molecule has 0 aliphatic heterocycles. The van der Waals surface area contributed by atoms with E-state index in [2.05, 4.69) is 29.4 Å². The van der Waals surface area contributed by atoms with Gasteiger partial charge in [0.2, 0.25) is 0 Å². The molecule has 0 spiro atoms. The van der Waals surface area contributed by atoms with Crippen molar-refractivity contribution in [2.75, 3.05) is 25.5 Å². The number of nitrogens with one attached hydrogen (secondary N) is 2. The van der Waals surface area contributed by atoms with Gasteiger partial charge in [-0.3, -0.25) is 0 Å². The van der Waals surface area contributed by atoms with Gasteiger partial charge in [0.15, 0.2) is 0 Å². The van der Waals surface area contributed by atoms with Gasteiger partial charge in [-0.15, -0.1) is 0 Å². The molecule has 1 rings (SSSR count). The molecule has 5 heteroatoms. The third kappa shape index (κ3) is 5.72. The second-order valence-electron chi connectivity index (χ2n) is 4.86. The SMILES string of the molecule is CC(C)N(C)CCNC(=O)Nc1cccc(CN)c1. The number of urea groups is 1. The smallest absolute Gasteiger partial charge is 0.319 e. The zero-order valence-electron chi connectivity index (χ0n) is 11.9. The number of anilines is 1. The van der Waals surface area contributed by atoms with E-state index in [4.69, 9.17) is 5.73 Å². The van der Waals surface area contributed by atoms with E-state index in [1.165, 1.54) is 0 Å². The summed E-state index contributed by atoms with van der Waals surface area (Å²) in [6, 6.07) is 7.82. The Morgan fingerprint density at radius 3 is 2.79 bits per heavy atom. The van der Waals surface area contributed by atoms with Crippen molar-refractivity contribution in [2.45, 2.75) is 26.4 Å². The van der Waals surface area contributed by atoms with Crippen molar-refractivity contribution in [1.29, 1.82) is 0 Å². The van der Waals surface area contributed by atoms with Gasteiger partial charge in [0.05, 0.1) is 0 Å². The largest absolute Gasteiger partial charge is 0.337 e. The number of rotatable bonds is 6. The van der Waals surface area contributed by atoms with Gasteiger partial charge in [-0.2, -0.15) is 0 Å². The summed E-state index contributed by atoms with van der Waals surface area (Å²) in [5.74, 6) is 0. The summed E-state index contributed by atoms with van der Waals surface area (Å²) in [6.45, 7) is 6.16. The maximum absolute atomic E-state index is 11.7. The molecule has 0 saturated heterocycles. The minimum Gasteiger partial charge on any atom is -0.337 e. The first kappa shape index (κ1) is 15.5. The molecular formula is C14H24N4O.